The standard InChI is InChI=1S/C13H16BrN3O2S/c1-2-9-7-17(13(19)16-12(9)18)4-3-15-6-11-5-10(14)8-20-11/h5,7-8,15H,2-4,6H2,1H3,(H,16,18,19). The molecule has 0 aliphatic rings. The molecule has 0 aromatic carbocycles. The van der Waals surface area contributed by atoms with Crippen molar-refractivity contribution in [2.75, 3.05) is 6.54 Å². The molecule has 20 heavy (non-hydrogen) atoms. The highest BCUT2D eigenvalue weighted by atomic mass is 79.9. The van der Waals surface area contributed by atoms with Crippen molar-refractivity contribution < 1.29 is 0 Å². The summed E-state index contributed by atoms with van der Waals surface area (Å²) in [7, 11) is 0. The van der Waals surface area contributed by atoms with E-state index in [9.17, 15) is 9.59 Å². The monoisotopic (exact) mass is 357 g/mol. The van der Waals surface area contributed by atoms with Crippen molar-refractivity contribution in [3.8, 4) is 0 Å². The SMILES string of the molecule is CCc1cn(CCNCc2cc(Br)cs2)c(=O)[nH]c1=O. The van der Waals surface area contributed by atoms with E-state index in [1.165, 1.54) is 9.44 Å². The normalized spacial score (nSPS) is 10.9. The van der Waals surface area contributed by atoms with E-state index in [1.54, 1.807) is 17.5 Å². The quantitative estimate of drug-likeness (QED) is 0.773. The molecule has 108 valence electrons. The van der Waals surface area contributed by atoms with Crippen LogP contribution in [0.3, 0.4) is 0 Å². The van der Waals surface area contributed by atoms with Gasteiger partial charge < -0.3 is 5.32 Å². The second kappa shape index (κ2) is 7.01. The molecular formula is C13H16BrN3O2S. The molecule has 0 fully saturated rings. The van der Waals surface area contributed by atoms with Gasteiger partial charge in [0.2, 0.25) is 0 Å². The number of nitrogens with zero attached hydrogens (tertiary/aromatic N) is 1. The highest BCUT2D eigenvalue weighted by molar-refractivity contribution is 9.10. The number of hydrogen-bond donors (Lipinski definition) is 2. The fraction of sp³-hybridized carbons (Fsp3) is 0.385. The summed E-state index contributed by atoms with van der Waals surface area (Å²) in [5, 5.41) is 5.32. The van der Waals surface area contributed by atoms with Crippen molar-refractivity contribution in [1.82, 2.24) is 14.9 Å². The molecule has 0 radical (unpaired) electrons. The summed E-state index contributed by atoms with van der Waals surface area (Å²) in [6.07, 6.45) is 2.26. The Balaban J connectivity index is 1.91. The number of aromatic amines is 1. The summed E-state index contributed by atoms with van der Waals surface area (Å²) in [4.78, 5) is 26.7. The third-order valence-electron chi connectivity index (χ3n) is 2.92. The summed E-state index contributed by atoms with van der Waals surface area (Å²) in [5.41, 5.74) is -0.00944. The van der Waals surface area contributed by atoms with Gasteiger partial charge in [-0.2, -0.15) is 0 Å². The van der Waals surface area contributed by atoms with E-state index in [2.05, 4.69) is 32.3 Å². The molecular weight excluding hydrogens is 342 g/mol. The lowest BCUT2D eigenvalue weighted by Gasteiger charge is -2.07. The van der Waals surface area contributed by atoms with Crippen LogP contribution in [0.5, 0.6) is 0 Å². The minimum atomic E-state index is -0.354. The van der Waals surface area contributed by atoms with Gasteiger partial charge in [-0.25, -0.2) is 4.79 Å². The predicted octanol–water partition coefficient (Wildman–Crippen LogP) is 1.71. The average molecular weight is 358 g/mol. The molecule has 0 spiro atoms. The smallest absolute Gasteiger partial charge is 0.310 e. The first-order chi connectivity index (χ1) is 9.60. The lowest BCUT2D eigenvalue weighted by Crippen LogP contribution is -2.34. The Morgan fingerprint density at radius 3 is 2.90 bits per heavy atom. The number of H-pyrrole nitrogens is 1. The minimum Gasteiger partial charge on any atom is -0.310 e. The first-order valence-corrected chi connectivity index (χ1v) is 8.03. The van der Waals surface area contributed by atoms with Crippen molar-refractivity contribution in [3.63, 3.8) is 0 Å². The Labute approximate surface area is 128 Å². The van der Waals surface area contributed by atoms with Gasteiger partial charge in [0, 0.05) is 46.1 Å². The third-order valence-corrected chi connectivity index (χ3v) is 4.61. The third kappa shape index (κ3) is 3.91. The molecule has 0 unspecified atom stereocenters. The molecule has 0 aliphatic carbocycles. The Hall–Kier alpha value is -1.18. The molecule has 2 heterocycles. The van der Waals surface area contributed by atoms with Crippen LogP contribution in [0.4, 0.5) is 0 Å². The second-order valence-corrected chi connectivity index (χ2v) is 6.28. The molecule has 2 aromatic rings. The Kier molecular flexibility index (Phi) is 5.33. The molecule has 7 heteroatoms. The van der Waals surface area contributed by atoms with Gasteiger partial charge >= 0.3 is 5.69 Å². The van der Waals surface area contributed by atoms with Crippen LogP contribution in [0.25, 0.3) is 0 Å². The van der Waals surface area contributed by atoms with Crippen LogP contribution in [-0.2, 0) is 19.5 Å². The largest absolute Gasteiger partial charge is 0.328 e. The number of aryl methyl sites for hydroxylation is 1. The summed E-state index contributed by atoms with van der Waals surface area (Å²) in [6.45, 7) is 3.88. The number of hydrogen-bond acceptors (Lipinski definition) is 4. The fourth-order valence-corrected chi connectivity index (χ4v) is 3.25. The van der Waals surface area contributed by atoms with E-state index in [0.29, 0.717) is 25.1 Å². The summed E-state index contributed by atoms with van der Waals surface area (Å²) in [5.74, 6) is 0. The number of thiophene rings is 1. The predicted molar refractivity (Wildman–Crippen MR) is 84.4 cm³/mol. The lowest BCUT2D eigenvalue weighted by molar-refractivity contribution is 0.573. The Morgan fingerprint density at radius 2 is 2.25 bits per heavy atom. The van der Waals surface area contributed by atoms with Crippen LogP contribution in [0.15, 0.2) is 31.7 Å². The van der Waals surface area contributed by atoms with E-state index in [-0.39, 0.29) is 11.2 Å². The highest BCUT2D eigenvalue weighted by Crippen LogP contribution is 2.19. The van der Waals surface area contributed by atoms with Crippen molar-refractivity contribution in [2.24, 2.45) is 0 Å². The molecule has 2 N–H and O–H groups in total. The van der Waals surface area contributed by atoms with Crippen LogP contribution in [-0.4, -0.2) is 16.1 Å². The molecule has 2 rings (SSSR count). The zero-order chi connectivity index (χ0) is 14.5. The van der Waals surface area contributed by atoms with E-state index < -0.39 is 0 Å². The van der Waals surface area contributed by atoms with Gasteiger partial charge in [0.05, 0.1) is 0 Å². The maximum Gasteiger partial charge on any atom is 0.328 e. The maximum atomic E-state index is 11.7. The van der Waals surface area contributed by atoms with Crippen LogP contribution < -0.4 is 16.6 Å². The van der Waals surface area contributed by atoms with Crippen LogP contribution in [0.2, 0.25) is 0 Å². The summed E-state index contributed by atoms with van der Waals surface area (Å²) >= 11 is 5.10. The fourth-order valence-electron chi connectivity index (χ4n) is 1.83. The molecule has 2 aromatic heterocycles. The van der Waals surface area contributed by atoms with Crippen molar-refractivity contribution in [2.45, 2.75) is 26.4 Å². The number of nitrogens with one attached hydrogen (secondary N) is 2. The van der Waals surface area contributed by atoms with Gasteiger partial charge in [0.15, 0.2) is 0 Å². The van der Waals surface area contributed by atoms with E-state index in [1.807, 2.05) is 12.3 Å². The van der Waals surface area contributed by atoms with Crippen molar-refractivity contribution >= 4 is 27.3 Å². The minimum absolute atomic E-state index is 0.287. The molecule has 0 saturated carbocycles. The molecule has 0 bridgehead atoms. The van der Waals surface area contributed by atoms with Gasteiger partial charge in [-0.05, 0) is 28.4 Å². The van der Waals surface area contributed by atoms with E-state index >= 15 is 0 Å². The van der Waals surface area contributed by atoms with Gasteiger partial charge in [0.1, 0.15) is 0 Å². The first kappa shape index (κ1) is 15.2. The maximum absolute atomic E-state index is 11.7. The van der Waals surface area contributed by atoms with Gasteiger partial charge in [-0.15, -0.1) is 11.3 Å². The Bertz CT molecular complexity index is 689. The van der Waals surface area contributed by atoms with Crippen LogP contribution >= 0.6 is 27.3 Å². The molecule has 0 amide bonds. The van der Waals surface area contributed by atoms with Crippen LogP contribution in [0, 0.1) is 0 Å². The first-order valence-electron chi connectivity index (χ1n) is 6.36. The van der Waals surface area contributed by atoms with E-state index in [0.717, 1.165) is 11.0 Å². The summed E-state index contributed by atoms with van der Waals surface area (Å²) < 4.78 is 2.63. The average Bonchev–Trinajstić information content (AvgIpc) is 2.82. The summed E-state index contributed by atoms with van der Waals surface area (Å²) in [6, 6.07) is 2.07. The lowest BCUT2D eigenvalue weighted by atomic mass is 10.3. The zero-order valence-corrected chi connectivity index (χ0v) is 13.5. The zero-order valence-electron chi connectivity index (χ0n) is 11.1. The topological polar surface area (TPSA) is 66.9 Å². The van der Waals surface area contributed by atoms with Crippen molar-refractivity contribution in [1.29, 1.82) is 0 Å². The van der Waals surface area contributed by atoms with Gasteiger partial charge in [-0.1, -0.05) is 6.92 Å². The number of aromatic nitrogens is 2. The van der Waals surface area contributed by atoms with Crippen molar-refractivity contribution in [3.05, 3.63) is 53.4 Å². The van der Waals surface area contributed by atoms with Gasteiger partial charge in [0.25, 0.3) is 5.56 Å². The van der Waals surface area contributed by atoms with Crippen LogP contribution in [0.1, 0.15) is 17.4 Å². The molecule has 5 nitrogen and oxygen atoms in total. The molecule has 0 saturated heterocycles. The second-order valence-electron chi connectivity index (χ2n) is 4.37. The highest BCUT2D eigenvalue weighted by Gasteiger charge is 2.03. The Morgan fingerprint density at radius 1 is 1.45 bits per heavy atom. The van der Waals surface area contributed by atoms with E-state index in [4.69, 9.17) is 0 Å². The van der Waals surface area contributed by atoms with Gasteiger partial charge in [-0.3, -0.25) is 14.3 Å². The number of halogens is 1. The number of rotatable bonds is 6. The molecule has 0 aliphatic heterocycles. The molecule has 0 atom stereocenters.